The molecule has 0 amide bonds. The predicted molar refractivity (Wildman–Crippen MR) is 89.7 cm³/mol. The zero-order valence-electron chi connectivity index (χ0n) is 13.4. The van der Waals surface area contributed by atoms with Gasteiger partial charge in [0.15, 0.2) is 0 Å². The maximum Gasteiger partial charge on any atom is 0.244 e. The van der Waals surface area contributed by atoms with E-state index in [1.807, 2.05) is 30.3 Å². The maximum atomic E-state index is 12.6. The molecule has 1 N–H and O–H groups in total. The first-order chi connectivity index (χ1) is 11.0. The molecule has 1 heterocycles. The molecule has 6 heteroatoms. The first kappa shape index (κ1) is 16.2. The van der Waals surface area contributed by atoms with Gasteiger partial charge in [0.05, 0.1) is 12.2 Å². The van der Waals surface area contributed by atoms with Crippen LogP contribution in [-0.2, 0) is 16.6 Å². The van der Waals surface area contributed by atoms with Crippen LogP contribution in [0.2, 0.25) is 0 Å². The Morgan fingerprint density at radius 2 is 1.87 bits per heavy atom. The van der Waals surface area contributed by atoms with Crippen molar-refractivity contribution < 1.29 is 8.42 Å². The van der Waals surface area contributed by atoms with Crippen LogP contribution in [0.15, 0.2) is 41.4 Å². The Morgan fingerprint density at radius 1 is 1.17 bits per heavy atom. The van der Waals surface area contributed by atoms with Gasteiger partial charge in [0.2, 0.25) is 10.0 Å². The number of nitrogens with one attached hydrogen (secondary N) is 1. The highest BCUT2D eigenvalue weighted by molar-refractivity contribution is 7.89. The van der Waals surface area contributed by atoms with Crippen LogP contribution in [0.3, 0.4) is 0 Å². The van der Waals surface area contributed by atoms with Gasteiger partial charge in [0.1, 0.15) is 4.90 Å². The summed E-state index contributed by atoms with van der Waals surface area (Å²) in [5.41, 5.74) is 1.64. The van der Waals surface area contributed by atoms with Crippen LogP contribution in [0.4, 0.5) is 0 Å². The van der Waals surface area contributed by atoms with Gasteiger partial charge in [-0.15, -0.1) is 0 Å². The smallest absolute Gasteiger partial charge is 0.244 e. The number of benzene rings is 1. The van der Waals surface area contributed by atoms with Gasteiger partial charge in [-0.25, -0.2) is 13.1 Å². The van der Waals surface area contributed by atoms with Crippen molar-refractivity contribution in [1.82, 2.24) is 14.5 Å². The molecule has 2 aromatic rings. The molecule has 0 aliphatic heterocycles. The largest absolute Gasteiger partial charge is 0.267 e. The quantitative estimate of drug-likeness (QED) is 0.915. The molecular formula is C17H23N3O2S. The average Bonchev–Trinajstić information content (AvgIpc) is 2.90. The van der Waals surface area contributed by atoms with Crippen molar-refractivity contribution in [3.8, 4) is 0 Å². The lowest BCUT2D eigenvalue weighted by molar-refractivity contribution is 0.412. The molecule has 1 aromatic carbocycles. The molecule has 0 radical (unpaired) electrons. The highest BCUT2D eigenvalue weighted by Crippen LogP contribution is 2.21. The number of nitrogens with zero attached hydrogens (tertiary/aromatic N) is 2. The molecular weight excluding hydrogens is 310 g/mol. The second-order valence-electron chi connectivity index (χ2n) is 6.22. The average molecular weight is 333 g/mol. The van der Waals surface area contributed by atoms with Crippen molar-refractivity contribution in [2.45, 2.75) is 56.5 Å². The Labute approximate surface area is 137 Å². The second-order valence-corrected chi connectivity index (χ2v) is 7.90. The monoisotopic (exact) mass is 333 g/mol. The molecule has 1 saturated carbocycles. The zero-order valence-corrected chi connectivity index (χ0v) is 14.2. The van der Waals surface area contributed by atoms with Gasteiger partial charge in [-0.05, 0) is 25.3 Å². The van der Waals surface area contributed by atoms with Crippen LogP contribution in [0, 0.1) is 6.92 Å². The van der Waals surface area contributed by atoms with Gasteiger partial charge < -0.3 is 0 Å². The van der Waals surface area contributed by atoms with E-state index in [9.17, 15) is 8.42 Å². The molecule has 23 heavy (non-hydrogen) atoms. The van der Waals surface area contributed by atoms with Crippen molar-refractivity contribution in [3.05, 3.63) is 47.8 Å². The van der Waals surface area contributed by atoms with Crippen LogP contribution < -0.4 is 4.72 Å². The SMILES string of the molecule is Cc1nn(Cc2ccccc2)cc1S(=O)(=O)NC1CCCCC1. The number of sulfonamides is 1. The molecule has 1 aliphatic carbocycles. The standard InChI is InChI=1S/C17H23N3O2S/c1-14-17(23(21,22)19-16-10-6-3-7-11-16)13-20(18-14)12-15-8-4-2-5-9-15/h2,4-5,8-9,13,16,19H,3,6-7,10-12H2,1H3. The molecule has 0 saturated heterocycles. The van der Waals surface area contributed by atoms with Crippen LogP contribution >= 0.6 is 0 Å². The third-order valence-corrected chi connectivity index (χ3v) is 5.93. The van der Waals surface area contributed by atoms with Gasteiger partial charge in [-0.1, -0.05) is 49.6 Å². The molecule has 0 unspecified atom stereocenters. The lowest BCUT2D eigenvalue weighted by atomic mass is 9.96. The van der Waals surface area contributed by atoms with E-state index in [4.69, 9.17) is 0 Å². The van der Waals surface area contributed by atoms with Gasteiger partial charge in [-0.2, -0.15) is 5.10 Å². The minimum absolute atomic E-state index is 0.0608. The van der Waals surface area contributed by atoms with Crippen LogP contribution in [-0.4, -0.2) is 24.2 Å². The molecule has 3 rings (SSSR count). The van der Waals surface area contributed by atoms with E-state index < -0.39 is 10.0 Å². The number of aromatic nitrogens is 2. The number of hydrogen-bond acceptors (Lipinski definition) is 3. The lowest BCUT2D eigenvalue weighted by Crippen LogP contribution is -2.36. The van der Waals surface area contributed by atoms with E-state index in [1.165, 1.54) is 6.42 Å². The third kappa shape index (κ3) is 4.00. The molecule has 5 nitrogen and oxygen atoms in total. The van der Waals surface area contributed by atoms with E-state index in [0.717, 1.165) is 31.2 Å². The van der Waals surface area contributed by atoms with Crippen LogP contribution in [0.1, 0.15) is 43.4 Å². The van der Waals surface area contributed by atoms with Gasteiger partial charge >= 0.3 is 0 Å². The predicted octanol–water partition coefficient (Wildman–Crippen LogP) is 2.85. The number of aryl methyl sites for hydroxylation is 1. The first-order valence-corrected chi connectivity index (χ1v) is 9.63. The van der Waals surface area contributed by atoms with Crippen molar-refractivity contribution in [2.24, 2.45) is 0 Å². The first-order valence-electron chi connectivity index (χ1n) is 8.15. The Bertz CT molecular complexity index is 747. The van der Waals surface area contributed by atoms with Crippen molar-refractivity contribution in [2.75, 3.05) is 0 Å². The topological polar surface area (TPSA) is 64.0 Å². The maximum absolute atomic E-state index is 12.6. The van der Waals surface area contributed by atoms with Gasteiger partial charge in [-0.3, -0.25) is 4.68 Å². The highest BCUT2D eigenvalue weighted by atomic mass is 32.2. The molecule has 0 spiro atoms. The third-order valence-electron chi connectivity index (χ3n) is 4.31. The van der Waals surface area contributed by atoms with Crippen molar-refractivity contribution in [3.63, 3.8) is 0 Å². The minimum Gasteiger partial charge on any atom is -0.267 e. The number of hydrogen-bond donors (Lipinski definition) is 1. The number of rotatable bonds is 5. The van der Waals surface area contributed by atoms with Gasteiger partial charge in [0.25, 0.3) is 0 Å². The van der Waals surface area contributed by atoms with E-state index in [1.54, 1.807) is 17.8 Å². The summed E-state index contributed by atoms with van der Waals surface area (Å²) < 4.78 is 29.8. The Hall–Kier alpha value is -1.66. The van der Waals surface area contributed by atoms with E-state index in [0.29, 0.717) is 17.1 Å². The molecule has 124 valence electrons. The summed E-state index contributed by atoms with van der Waals surface area (Å²) in [6.45, 7) is 2.32. The van der Waals surface area contributed by atoms with Crippen molar-refractivity contribution in [1.29, 1.82) is 0 Å². The van der Waals surface area contributed by atoms with E-state index in [2.05, 4.69) is 9.82 Å². The van der Waals surface area contributed by atoms with Gasteiger partial charge in [0, 0.05) is 12.2 Å². The Kier molecular flexibility index (Phi) is 4.82. The Balaban J connectivity index is 1.76. The Morgan fingerprint density at radius 3 is 2.57 bits per heavy atom. The molecule has 1 fully saturated rings. The summed E-state index contributed by atoms with van der Waals surface area (Å²) in [6, 6.07) is 9.96. The molecule has 1 aliphatic rings. The summed E-state index contributed by atoms with van der Waals surface area (Å²) in [5.74, 6) is 0. The normalized spacial score (nSPS) is 16.6. The minimum atomic E-state index is -3.50. The zero-order chi connectivity index (χ0) is 16.3. The molecule has 0 atom stereocenters. The van der Waals surface area contributed by atoms with Crippen LogP contribution in [0.25, 0.3) is 0 Å². The summed E-state index contributed by atoms with van der Waals surface area (Å²) >= 11 is 0. The fourth-order valence-corrected chi connectivity index (χ4v) is 4.61. The van der Waals surface area contributed by atoms with Crippen molar-refractivity contribution >= 4 is 10.0 Å². The lowest BCUT2D eigenvalue weighted by Gasteiger charge is -2.22. The highest BCUT2D eigenvalue weighted by Gasteiger charge is 2.25. The second kappa shape index (κ2) is 6.84. The van der Waals surface area contributed by atoms with Crippen LogP contribution in [0.5, 0.6) is 0 Å². The van der Waals surface area contributed by atoms with E-state index >= 15 is 0 Å². The fraction of sp³-hybridized carbons (Fsp3) is 0.471. The summed E-state index contributed by atoms with van der Waals surface area (Å²) in [5, 5.41) is 4.36. The summed E-state index contributed by atoms with van der Waals surface area (Å²) in [7, 11) is -3.50. The molecule has 0 bridgehead atoms. The summed E-state index contributed by atoms with van der Waals surface area (Å²) in [6.07, 6.45) is 6.88. The fourth-order valence-electron chi connectivity index (χ4n) is 3.12. The molecule has 1 aromatic heterocycles. The summed E-state index contributed by atoms with van der Waals surface area (Å²) in [4.78, 5) is 0.291. The van der Waals surface area contributed by atoms with E-state index in [-0.39, 0.29) is 6.04 Å².